The van der Waals surface area contributed by atoms with Gasteiger partial charge in [0.05, 0.1) is 31.0 Å². The average Bonchev–Trinajstić information content (AvgIpc) is 3.15. The quantitative estimate of drug-likeness (QED) is 0.746. The lowest BCUT2D eigenvalue weighted by molar-refractivity contribution is -0.124. The molecule has 0 saturated carbocycles. The Balaban J connectivity index is 1.61. The molecule has 1 aromatic carbocycles. The van der Waals surface area contributed by atoms with Crippen LogP contribution >= 0.6 is 0 Å². The van der Waals surface area contributed by atoms with Gasteiger partial charge >= 0.3 is 0 Å². The Morgan fingerprint density at radius 1 is 1.35 bits per heavy atom. The van der Waals surface area contributed by atoms with Gasteiger partial charge in [0.15, 0.2) is 0 Å². The van der Waals surface area contributed by atoms with E-state index in [2.05, 4.69) is 10.4 Å². The van der Waals surface area contributed by atoms with Gasteiger partial charge in [-0.15, -0.1) is 0 Å². The van der Waals surface area contributed by atoms with E-state index >= 15 is 0 Å². The van der Waals surface area contributed by atoms with Crippen LogP contribution in [0.4, 0.5) is 5.69 Å². The summed E-state index contributed by atoms with van der Waals surface area (Å²) < 4.78 is 6.39. The van der Waals surface area contributed by atoms with Crippen molar-refractivity contribution in [2.75, 3.05) is 38.3 Å². The van der Waals surface area contributed by atoms with Gasteiger partial charge < -0.3 is 15.0 Å². The van der Waals surface area contributed by atoms with E-state index in [4.69, 9.17) is 4.74 Å². The van der Waals surface area contributed by atoms with Crippen LogP contribution in [0.25, 0.3) is 0 Å². The normalized spacial score (nSPS) is 16.7. The van der Waals surface area contributed by atoms with Crippen LogP contribution in [-0.2, 0) is 16.1 Å². The maximum absolute atomic E-state index is 12.4. The highest BCUT2D eigenvalue weighted by atomic mass is 16.5. The average molecular weight is 356 g/mol. The third-order valence-electron chi connectivity index (χ3n) is 4.56. The first-order valence-electron chi connectivity index (χ1n) is 8.80. The molecule has 7 heteroatoms. The molecular weight excluding hydrogens is 332 g/mol. The summed E-state index contributed by atoms with van der Waals surface area (Å²) in [5, 5.41) is 7.17. The fraction of sp³-hybridized carbons (Fsp3) is 0.421. The summed E-state index contributed by atoms with van der Waals surface area (Å²) >= 11 is 0. The maximum atomic E-state index is 12.4. The van der Waals surface area contributed by atoms with Gasteiger partial charge in [-0.05, 0) is 12.0 Å². The van der Waals surface area contributed by atoms with Crippen LogP contribution in [-0.4, -0.2) is 49.0 Å². The molecule has 0 bridgehead atoms. The van der Waals surface area contributed by atoms with Crippen LogP contribution in [0, 0.1) is 5.92 Å². The summed E-state index contributed by atoms with van der Waals surface area (Å²) in [5.41, 5.74) is 1.66. The minimum absolute atomic E-state index is 0.0370. The number of anilines is 1. The molecule has 1 atom stereocenters. The number of carbonyl (C=O) groups is 1. The highest BCUT2D eigenvalue weighted by molar-refractivity contribution is 5.80. The number of benzene rings is 1. The smallest absolute Gasteiger partial charge is 0.269 e. The topological polar surface area (TPSA) is 76.5 Å². The molecule has 0 radical (unpaired) electrons. The first-order valence-corrected chi connectivity index (χ1v) is 8.80. The Morgan fingerprint density at radius 2 is 2.15 bits per heavy atom. The second-order valence-corrected chi connectivity index (χ2v) is 6.41. The van der Waals surface area contributed by atoms with Crippen molar-refractivity contribution >= 4 is 11.6 Å². The van der Waals surface area contributed by atoms with Gasteiger partial charge in [-0.25, -0.2) is 4.68 Å². The number of hydrogen-bond acceptors (Lipinski definition) is 5. The summed E-state index contributed by atoms with van der Waals surface area (Å²) in [4.78, 5) is 26.6. The molecule has 2 aromatic rings. The Labute approximate surface area is 152 Å². The Bertz CT molecular complexity index is 791. The third-order valence-corrected chi connectivity index (χ3v) is 4.56. The van der Waals surface area contributed by atoms with E-state index in [0.717, 1.165) is 24.2 Å². The molecule has 1 aliphatic heterocycles. The van der Waals surface area contributed by atoms with Gasteiger partial charge in [-0.2, -0.15) is 5.10 Å². The second kappa shape index (κ2) is 8.62. The lowest BCUT2D eigenvalue weighted by atomic mass is 10.1. The number of nitrogens with one attached hydrogen (secondary N) is 1. The number of ether oxygens (including phenoxy) is 1. The number of methoxy groups -OCH3 is 1. The standard InChI is InChI=1S/C19H24N4O3/c1-26-10-8-20-19(25)16-7-9-22(14-16)17-11-18(24)23(21-12-17)13-15-5-3-2-4-6-15/h2-6,11-12,16H,7-10,13-14H2,1H3,(H,20,25). The number of carbonyl (C=O) groups excluding carboxylic acids is 1. The molecule has 2 heterocycles. The molecule has 3 rings (SSSR count). The molecule has 1 aromatic heterocycles. The van der Waals surface area contributed by atoms with Crippen molar-refractivity contribution in [2.24, 2.45) is 5.92 Å². The van der Waals surface area contributed by atoms with E-state index in [9.17, 15) is 9.59 Å². The van der Waals surface area contributed by atoms with E-state index in [1.54, 1.807) is 19.4 Å². The van der Waals surface area contributed by atoms with Crippen molar-refractivity contribution in [1.82, 2.24) is 15.1 Å². The van der Waals surface area contributed by atoms with E-state index in [1.807, 2.05) is 35.2 Å². The van der Waals surface area contributed by atoms with Crippen LogP contribution in [0.5, 0.6) is 0 Å². The van der Waals surface area contributed by atoms with Crippen molar-refractivity contribution in [2.45, 2.75) is 13.0 Å². The van der Waals surface area contributed by atoms with Gasteiger partial charge in [-0.1, -0.05) is 30.3 Å². The number of nitrogens with zero attached hydrogens (tertiary/aromatic N) is 3. The van der Waals surface area contributed by atoms with Crippen LogP contribution in [0.15, 0.2) is 47.4 Å². The molecule has 1 amide bonds. The molecule has 138 valence electrons. The zero-order valence-corrected chi connectivity index (χ0v) is 14.9. The molecule has 1 N–H and O–H groups in total. The zero-order valence-electron chi connectivity index (χ0n) is 14.9. The molecule has 0 spiro atoms. The second-order valence-electron chi connectivity index (χ2n) is 6.41. The predicted octanol–water partition coefficient (Wildman–Crippen LogP) is 0.880. The molecule has 0 aliphatic carbocycles. The summed E-state index contributed by atoms with van der Waals surface area (Å²) in [5.74, 6) is -0.0338. The molecular formula is C19H24N4O3. The summed E-state index contributed by atoms with van der Waals surface area (Å²) in [7, 11) is 1.61. The molecule has 1 fully saturated rings. The number of rotatable bonds is 7. The highest BCUT2D eigenvalue weighted by Gasteiger charge is 2.28. The van der Waals surface area contributed by atoms with Crippen molar-refractivity contribution < 1.29 is 9.53 Å². The SMILES string of the molecule is COCCNC(=O)C1CCN(c2cnn(Cc3ccccc3)c(=O)c2)C1. The number of amides is 1. The van der Waals surface area contributed by atoms with Gasteiger partial charge in [0.25, 0.3) is 5.56 Å². The fourth-order valence-corrected chi connectivity index (χ4v) is 3.10. The summed E-state index contributed by atoms with van der Waals surface area (Å²) in [6.07, 6.45) is 2.47. The van der Waals surface area contributed by atoms with Gasteiger partial charge in [0, 0.05) is 32.8 Å². The zero-order chi connectivity index (χ0) is 18.4. The molecule has 1 unspecified atom stereocenters. The number of aromatic nitrogens is 2. The largest absolute Gasteiger partial charge is 0.383 e. The minimum Gasteiger partial charge on any atom is -0.383 e. The lowest BCUT2D eigenvalue weighted by Gasteiger charge is -2.18. The summed E-state index contributed by atoms with van der Waals surface area (Å²) in [6, 6.07) is 11.4. The van der Waals surface area contributed by atoms with Gasteiger partial charge in [0.2, 0.25) is 5.91 Å². The molecule has 1 saturated heterocycles. The van der Waals surface area contributed by atoms with Crippen LogP contribution in [0.1, 0.15) is 12.0 Å². The maximum Gasteiger partial charge on any atom is 0.269 e. The Kier molecular flexibility index (Phi) is 6.01. The monoisotopic (exact) mass is 356 g/mol. The van der Waals surface area contributed by atoms with Gasteiger partial charge in [-0.3, -0.25) is 9.59 Å². The first-order chi connectivity index (χ1) is 12.7. The van der Waals surface area contributed by atoms with Crippen molar-refractivity contribution in [3.63, 3.8) is 0 Å². The third kappa shape index (κ3) is 4.49. The number of hydrogen-bond donors (Lipinski definition) is 1. The molecule has 1 aliphatic rings. The highest BCUT2D eigenvalue weighted by Crippen LogP contribution is 2.22. The fourth-order valence-electron chi connectivity index (χ4n) is 3.10. The van der Waals surface area contributed by atoms with Crippen LogP contribution in [0.2, 0.25) is 0 Å². The summed E-state index contributed by atoms with van der Waals surface area (Å²) in [6.45, 7) is 2.81. The van der Waals surface area contributed by atoms with Crippen molar-refractivity contribution in [3.05, 3.63) is 58.5 Å². The Hall–Kier alpha value is -2.67. The van der Waals surface area contributed by atoms with E-state index < -0.39 is 0 Å². The van der Waals surface area contributed by atoms with E-state index in [1.165, 1.54) is 4.68 Å². The van der Waals surface area contributed by atoms with Crippen LogP contribution < -0.4 is 15.8 Å². The van der Waals surface area contributed by atoms with Gasteiger partial charge in [0.1, 0.15) is 0 Å². The first kappa shape index (κ1) is 18.1. The molecule has 7 nitrogen and oxygen atoms in total. The van der Waals surface area contributed by atoms with Crippen molar-refractivity contribution in [1.29, 1.82) is 0 Å². The van der Waals surface area contributed by atoms with E-state index in [-0.39, 0.29) is 17.4 Å². The van der Waals surface area contributed by atoms with Crippen LogP contribution in [0.3, 0.4) is 0 Å². The van der Waals surface area contributed by atoms with Crippen molar-refractivity contribution in [3.8, 4) is 0 Å². The predicted molar refractivity (Wildman–Crippen MR) is 99.2 cm³/mol. The Morgan fingerprint density at radius 3 is 2.88 bits per heavy atom. The molecule has 26 heavy (non-hydrogen) atoms. The van der Waals surface area contributed by atoms with E-state index in [0.29, 0.717) is 26.2 Å². The lowest BCUT2D eigenvalue weighted by Crippen LogP contribution is -2.35. The minimum atomic E-state index is -0.139.